The number of pyridine rings is 1. The molecule has 4 heterocycles. The number of alkyl halides is 3. The monoisotopic (exact) mass is 485 g/mol. The van der Waals surface area contributed by atoms with E-state index < -0.39 is 11.7 Å². The molecule has 0 aliphatic carbocycles. The van der Waals surface area contributed by atoms with Crippen molar-refractivity contribution in [1.29, 1.82) is 5.26 Å². The normalized spacial score (nSPS) is 14.7. The molecule has 0 unspecified atom stereocenters. The van der Waals surface area contributed by atoms with Gasteiger partial charge >= 0.3 is 6.18 Å². The van der Waals surface area contributed by atoms with Crippen molar-refractivity contribution in [3.05, 3.63) is 47.4 Å². The van der Waals surface area contributed by atoms with Crippen molar-refractivity contribution in [1.82, 2.24) is 19.6 Å². The van der Waals surface area contributed by atoms with Gasteiger partial charge in [-0.25, -0.2) is 14.5 Å². The molecule has 1 aliphatic rings. The van der Waals surface area contributed by atoms with Crippen molar-refractivity contribution >= 4 is 17.2 Å². The van der Waals surface area contributed by atoms with E-state index in [2.05, 4.69) is 33.0 Å². The summed E-state index contributed by atoms with van der Waals surface area (Å²) in [6, 6.07) is 4.70. The van der Waals surface area contributed by atoms with Crippen LogP contribution in [0.5, 0.6) is 0 Å². The van der Waals surface area contributed by atoms with Crippen molar-refractivity contribution in [3.8, 4) is 17.5 Å². The van der Waals surface area contributed by atoms with E-state index in [4.69, 9.17) is 4.74 Å². The highest BCUT2D eigenvalue weighted by molar-refractivity contribution is 5.75. The summed E-state index contributed by atoms with van der Waals surface area (Å²) in [4.78, 5) is 10.7. The van der Waals surface area contributed by atoms with Crippen LogP contribution in [0.25, 0.3) is 16.9 Å². The van der Waals surface area contributed by atoms with Gasteiger partial charge in [0.1, 0.15) is 17.4 Å². The standard InChI is InChI=1S/C24H26F3N7O/c1-14-16(12-28)10-19-22(33-6-8-35-9-7-33)31-21(32-34(14)19)17-13-29-20(11-18(17)24(25,26)27)30-15(2)23(3,4)5/h10-11,13H,2,6-9H2,1,3-5H3,(H,29,30). The Morgan fingerprint density at radius 2 is 1.89 bits per heavy atom. The van der Waals surface area contributed by atoms with Crippen LogP contribution in [0, 0.1) is 23.7 Å². The second-order valence-electron chi connectivity index (χ2n) is 9.38. The van der Waals surface area contributed by atoms with Crippen molar-refractivity contribution in [2.24, 2.45) is 5.41 Å². The maximum absolute atomic E-state index is 14.2. The lowest BCUT2D eigenvalue weighted by Gasteiger charge is -2.28. The number of rotatable bonds is 4. The van der Waals surface area contributed by atoms with Crippen LogP contribution in [-0.4, -0.2) is 45.9 Å². The SMILES string of the molecule is C=C(Nc1cc(C(F)(F)F)c(-c2nc(N3CCOCC3)c3cc(C#N)c(C)n3n2)cn1)C(C)(C)C. The fraction of sp³-hybridized carbons (Fsp3) is 0.417. The highest BCUT2D eigenvalue weighted by Crippen LogP contribution is 2.38. The molecule has 0 radical (unpaired) electrons. The lowest BCUT2D eigenvalue weighted by atomic mass is 9.93. The molecule has 11 heteroatoms. The summed E-state index contributed by atoms with van der Waals surface area (Å²) in [5.41, 5.74) is 0.421. The summed E-state index contributed by atoms with van der Waals surface area (Å²) in [7, 11) is 0. The first-order valence-corrected chi connectivity index (χ1v) is 11.1. The quantitative estimate of drug-likeness (QED) is 0.568. The molecule has 35 heavy (non-hydrogen) atoms. The van der Waals surface area contributed by atoms with Crippen LogP contribution in [0.3, 0.4) is 0 Å². The average molecular weight is 486 g/mol. The number of nitrogens with one attached hydrogen (secondary N) is 1. The molecule has 0 atom stereocenters. The number of halogens is 3. The third kappa shape index (κ3) is 4.79. The minimum absolute atomic E-state index is 0.0272. The molecular weight excluding hydrogens is 459 g/mol. The molecule has 3 aromatic heterocycles. The van der Waals surface area contributed by atoms with Crippen LogP contribution in [0.15, 0.2) is 30.6 Å². The fourth-order valence-corrected chi connectivity index (χ4v) is 3.67. The Morgan fingerprint density at radius 3 is 2.49 bits per heavy atom. The number of allylic oxidation sites excluding steroid dienone is 1. The van der Waals surface area contributed by atoms with Gasteiger partial charge in [0.25, 0.3) is 0 Å². The third-order valence-corrected chi connectivity index (χ3v) is 5.92. The molecule has 184 valence electrons. The van der Waals surface area contributed by atoms with Crippen LogP contribution in [0.1, 0.15) is 37.6 Å². The number of hydrogen-bond acceptors (Lipinski definition) is 7. The number of aryl methyl sites for hydroxylation is 1. The van der Waals surface area contributed by atoms with Crippen LogP contribution in [0.4, 0.5) is 24.8 Å². The molecule has 0 bridgehead atoms. The largest absolute Gasteiger partial charge is 0.417 e. The van der Waals surface area contributed by atoms with Gasteiger partial charge in [0, 0.05) is 30.4 Å². The highest BCUT2D eigenvalue weighted by Gasteiger charge is 2.36. The number of hydrogen-bond donors (Lipinski definition) is 1. The molecular formula is C24H26F3N7O. The molecule has 4 rings (SSSR count). The van der Waals surface area contributed by atoms with Crippen molar-refractivity contribution < 1.29 is 17.9 Å². The van der Waals surface area contributed by atoms with Crippen LogP contribution in [0.2, 0.25) is 0 Å². The Balaban J connectivity index is 1.90. The van der Waals surface area contributed by atoms with E-state index in [0.717, 1.165) is 12.3 Å². The maximum Gasteiger partial charge on any atom is 0.417 e. The predicted molar refractivity (Wildman–Crippen MR) is 126 cm³/mol. The second-order valence-corrected chi connectivity index (χ2v) is 9.38. The first kappa shape index (κ1) is 24.5. The molecule has 3 aromatic rings. The lowest BCUT2D eigenvalue weighted by molar-refractivity contribution is -0.137. The fourth-order valence-electron chi connectivity index (χ4n) is 3.67. The number of anilines is 2. The van der Waals surface area contributed by atoms with Crippen molar-refractivity contribution in [2.45, 2.75) is 33.9 Å². The number of ether oxygens (including phenoxy) is 1. The lowest BCUT2D eigenvalue weighted by Crippen LogP contribution is -2.37. The molecule has 1 saturated heterocycles. The Labute approximate surface area is 201 Å². The maximum atomic E-state index is 14.2. The number of morpholine rings is 1. The van der Waals surface area contributed by atoms with E-state index in [1.165, 1.54) is 4.52 Å². The molecule has 1 aliphatic heterocycles. The molecule has 0 spiro atoms. The van der Waals surface area contributed by atoms with E-state index in [9.17, 15) is 18.4 Å². The summed E-state index contributed by atoms with van der Waals surface area (Å²) < 4.78 is 49.4. The number of fused-ring (bicyclic) bond motifs is 1. The summed E-state index contributed by atoms with van der Waals surface area (Å²) >= 11 is 0. The van der Waals surface area contributed by atoms with Gasteiger partial charge in [-0.1, -0.05) is 27.4 Å². The second kappa shape index (κ2) is 8.85. The van der Waals surface area contributed by atoms with E-state index in [1.54, 1.807) is 13.0 Å². The zero-order valence-corrected chi connectivity index (χ0v) is 20.0. The molecule has 8 nitrogen and oxygen atoms in total. The molecule has 0 amide bonds. The number of nitriles is 1. The average Bonchev–Trinajstić information content (AvgIpc) is 3.13. The van der Waals surface area contributed by atoms with Crippen LogP contribution < -0.4 is 10.2 Å². The summed E-state index contributed by atoms with van der Waals surface area (Å²) in [5.74, 6) is 0.335. The van der Waals surface area contributed by atoms with Gasteiger partial charge in [0.05, 0.1) is 35.6 Å². The molecule has 1 N–H and O–H groups in total. The predicted octanol–water partition coefficient (Wildman–Crippen LogP) is 4.80. The zero-order chi connectivity index (χ0) is 25.5. The van der Waals surface area contributed by atoms with Gasteiger partial charge in [0.15, 0.2) is 11.6 Å². The van der Waals surface area contributed by atoms with E-state index in [0.29, 0.717) is 54.6 Å². The Bertz CT molecular complexity index is 1330. The van der Waals surface area contributed by atoms with E-state index in [-0.39, 0.29) is 22.6 Å². The van der Waals surface area contributed by atoms with Gasteiger partial charge < -0.3 is 15.0 Å². The van der Waals surface area contributed by atoms with Gasteiger partial charge in [-0.3, -0.25) is 0 Å². The van der Waals surface area contributed by atoms with Gasteiger partial charge in [-0.05, 0) is 19.1 Å². The first-order chi connectivity index (χ1) is 16.4. The van der Waals surface area contributed by atoms with Crippen molar-refractivity contribution in [2.75, 3.05) is 36.5 Å². The first-order valence-electron chi connectivity index (χ1n) is 11.1. The van der Waals surface area contributed by atoms with Crippen molar-refractivity contribution in [3.63, 3.8) is 0 Å². The van der Waals surface area contributed by atoms with Crippen LogP contribution >= 0.6 is 0 Å². The summed E-state index contributed by atoms with van der Waals surface area (Å²) in [5, 5.41) is 16.8. The third-order valence-electron chi connectivity index (χ3n) is 5.92. The van der Waals surface area contributed by atoms with Gasteiger partial charge in [0.2, 0.25) is 0 Å². The van der Waals surface area contributed by atoms with Gasteiger partial charge in [-0.15, -0.1) is 5.10 Å². The number of nitrogens with zero attached hydrogens (tertiary/aromatic N) is 6. The Kier molecular flexibility index (Phi) is 6.19. The van der Waals surface area contributed by atoms with Gasteiger partial charge in [-0.2, -0.15) is 18.4 Å². The topological polar surface area (TPSA) is 91.4 Å². The van der Waals surface area contributed by atoms with E-state index in [1.807, 2.05) is 25.7 Å². The Morgan fingerprint density at radius 1 is 1.20 bits per heavy atom. The van der Waals surface area contributed by atoms with Crippen LogP contribution in [-0.2, 0) is 10.9 Å². The smallest absolute Gasteiger partial charge is 0.378 e. The highest BCUT2D eigenvalue weighted by atomic mass is 19.4. The summed E-state index contributed by atoms with van der Waals surface area (Å²) in [6.45, 7) is 13.2. The van der Waals surface area contributed by atoms with E-state index >= 15 is 0 Å². The molecule has 0 saturated carbocycles. The number of aromatic nitrogens is 4. The zero-order valence-electron chi connectivity index (χ0n) is 20.0. The Hall–Kier alpha value is -3.65. The minimum atomic E-state index is -4.68. The molecule has 0 aromatic carbocycles. The molecule has 1 fully saturated rings. The minimum Gasteiger partial charge on any atom is -0.378 e. The summed E-state index contributed by atoms with van der Waals surface area (Å²) in [6.07, 6.45) is -3.56.